The Bertz CT molecular complexity index is 1130. The molecule has 2 aliphatic heterocycles. The van der Waals surface area contributed by atoms with E-state index in [1.807, 2.05) is 58.3 Å². The van der Waals surface area contributed by atoms with Gasteiger partial charge in [-0.2, -0.15) is 0 Å². The van der Waals surface area contributed by atoms with Crippen LogP contribution in [0, 0.1) is 5.41 Å². The second-order valence-corrected chi connectivity index (χ2v) is 8.29. The first-order chi connectivity index (χ1) is 14.6. The van der Waals surface area contributed by atoms with E-state index >= 15 is 0 Å². The molecule has 2 amide bonds. The van der Waals surface area contributed by atoms with Gasteiger partial charge in [0.05, 0.1) is 11.1 Å². The fraction of sp³-hybridized carbons (Fsp3) is 0.240. The molecule has 3 heterocycles. The smallest absolute Gasteiger partial charge is 0.256 e. The van der Waals surface area contributed by atoms with E-state index in [0.717, 1.165) is 10.9 Å². The van der Waals surface area contributed by atoms with Crippen LogP contribution >= 0.6 is 0 Å². The number of carbonyl (C=O) groups excluding carboxylic acids is 2. The molecule has 1 aromatic heterocycles. The summed E-state index contributed by atoms with van der Waals surface area (Å²) in [5, 5.41) is 0.962. The summed E-state index contributed by atoms with van der Waals surface area (Å²) >= 11 is 0. The van der Waals surface area contributed by atoms with Gasteiger partial charge in [0.15, 0.2) is 0 Å². The molecule has 5 heteroatoms. The third kappa shape index (κ3) is 2.89. The second kappa shape index (κ2) is 7.10. The first-order valence-corrected chi connectivity index (χ1v) is 10.2. The van der Waals surface area contributed by atoms with Crippen LogP contribution in [0.1, 0.15) is 21.8 Å². The van der Waals surface area contributed by atoms with Gasteiger partial charge >= 0.3 is 0 Å². The van der Waals surface area contributed by atoms with E-state index < -0.39 is 0 Å². The number of pyridine rings is 1. The highest BCUT2D eigenvalue weighted by Crippen LogP contribution is 2.49. The Balaban J connectivity index is 1.43. The van der Waals surface area contributed by atoms with E-state index in [4.69, 9.17) is 0 Å². The van der Waals surface area contributed by atoms with Gasteiger partial charge in [0.25, 0.3) is 5.91 Å². The van der Waals surface area contributed by atoms with Crippen LogP contribution < -0.4 is 0 Å². The zero-order valence-electron chi connectivity index (χ0n) is 16.7. The third-order valence-corrected chi connectivity index (χ3v) is 6.50. The van der Waals surface area contributed by atoms with Crippen LogP contribution in [-0.4, -0.2) is 52.8 Å². The minimum absolute atomic E-state index is 0.00485. The van der Waals surface area contributed by atoms with Crippen LogP contribution in [0.25, 0.3) is 10.9 Å². The largest absolute Gasteiger partial charge is 0.338 e. The number of fused-ring (bicyclic) bond motifs is 1. The van der Waals surface area contributed by atoms with Crippen LogP contribution in [0.3, 0.4) is 0 Å². The predicted molar refractivity (Wildman–Crippen MR) is 116 cm³/mol. The Hall–Kier alpha value is -3.47. The SMILES string of the molecule is C=CC(=O)N1C[C@H](c2ccccc2)C2(C1)CN(C(=O)c1cccc3cccnc13)C2. The summed E-state index contributed by atoms with van der Waals surface area (Å²) in [6.07, 6.45) is 3.10. The summed E-state index contributed by atoms with van der Waals surface area (Å²) in [5.74, 6) is 0.165. The Kier molecular flexibility index (Phi) is 4.39. The quantitative estimate of drug-likeness (QED) is 0.636. The number of rotatable bonds is 3. The summed E-state index contributed by atoms with van der Waals surface area (Å²) < 4.78 is 0. The van der Waals surface area contributed by atoms with Crippen molar-refractivity contribution in [3.63, 3.8) is 0 Å². The first kappa shape index (κ1) is 18.6. The zero-order valence-corrected chi connectivity index (χ0v) is 16.7. The number of aromatic nitrogens is 1. The molecule has 0 saturated carbocycles. The van der Waals surface area contributed by atoms with Gasteiger partial charge in [0.2, 0.25) is 5.91 Å². The van der Waals surface area contributed by atoms with Gasteiger partial charge in [0.1, 0.15) is 0 Å². The van der Waals surface area contributed by atoms with Crippen molar-refractivity contribution in [2.45, 2.75) is 5.92 Å². The van der Waals surface area contributed by atoms with Crippen LogP contribution in [0.5, 0.6) is 0 Å². The summed E-state index contributed by atoms with van der Waals surface area (Å²) in [6.45, 7) is 6.22. The second-order valence-electron chi connectivity index (χ2n) is 8.29. The highest BCUT2D eigenvalue weighted by molar-refractivity contribution is 6.05. The van der Waals surface area contributed by atoms with Crippen molar-refractivity contribution in [3.05, 3.63) is 90.6 Å². The summed E-state index contributed by atoms with van der Waals surface area (Å²) in [4.78, 5) is 33.8. The van der Waals surface area contributed by atoms with Crippen LogP contribution in [0.4, 0.5) is 0 Å². The highest BCUT2D eigenvalue weighted by atomic mass is 16.2. The molecule has 2 aromatic carbocycles. The monoisotopic (exact) mass is 397 g/mol. The molecule has 3 aromatic rings. The zero-order chi connectivity index (χ0) is 20.7. The molecule has 5 rings (SSSR count). The maximum atomic E-state index is 13.3. The number of likely N-dealkylation sites (tertiary alicyclic amines) is 2. The Morgan fingerprint density at radius 2 is 1.70 bits per heavy atom. The summed E-state index contributed by atoms with van der Waals surface area (Å²) in [7, 11) is 0. The Labute approximate surface area is 175 Å². The fourth-order valence-electron chi connectivity index (χ4n) is 5.04. The number of amides is 2. The van der Waals surface area contributed by atoms with Crippen molar-refractivity contribution in [1.29, 1.82) is 0 Å². The van der Waals surface area contributed by atoms with Crippen LogP contribution in [-0.2, 0) is 4.79 Å². The number of nitrogens with zero attached hydrogens (tertiary/aromatic N) is 3. The highest BCUT2D eigenvalue weighted by Gasteiger charge is 2.56. The average Bonchev–Trinajstić information content (AvgIpc) is 3.18. The number of carbonyl (C=O) groups is 2. The molecule has 0 unspecified atom stereocenters. The predicted octanol–water partition coefficient (Wildman–Crippen LogP) is 3.49. The molecule has 1 atom stereocenters. The summed E-state index contributed by atoms with van der Waals surface area (Å²) in [6, 6.07) is 19.9. The molecule has 2 fully saturated rings. The fourth-order valence-corrected chi connectivity index (χ4v) is 5.04. The normalized spacial score (nSPS) is 19.7. The van der Waals surface area contributed by atoms with Gasteiger partial charge in [-0.3, -0.25) is 14.6 Å². The summed E-state index contributed by atoms with van der Waals surface area (Å²) in [5.41, 5.74) is 2.47. The minimum atomic E-state index is -0.117. The van der Waals surface area contributed by atoms with Gasteiger partial charge in [-0.05, 0) is 23.8 Å². The van der Waals surface area contributed by atoms with Gasteiger partial charge in [-0.25, -0.2) is 0 Å². The minimum Gasteiger partial charge on any atom is -0.338 e. The van der Waals surface area contributed by atoms with E-state index in [0.29, 0.717) is 31.7 Å². The molecule has 2 aliphatic rings. The molecular formula is C25H23N3O2. The molecule has 0 bridgehead atoms. The molecule has 30 heavy (non-hydrogen) atoms. The van der Waals surface area contributed by atoms with Crippen LogP contribution in [0.2, 0.25) is 0 Å². The van der Waals surface area contributed by atoms with E-state index in [-0.39, 0.29) is 23.1 Å². The Morgan fingerprint density at radius 3 is 2.47 bits per heavy atom. The van der Waals surface area contributed by atoms with Crippen molar-refractivity contribution in [2.24, 2.45) is 5.41 Å². The maximum Gasteiger partial charge on any atom is 0.256 e. The van der Waals surface area contributed by atoms with E-state index in [1.165, 1.54) is 11.6 Å². The number of hydrogen-bond acceptors (Lipinski definition) is 3. The lowest BCUT2D eigenvalue weighted by Crippen LogP contribution is -2.61. The molecule has 150 valence electrons. The third-order valence-electron chi connectivity index (χ3n) is 6.50. The van der Waals surface area contributed by atoms with Crippen molar-refractivity contribution >= 4 is 22.7 Å². The first-order valence-electron chi connectivity index (χ1n) is 10.2. The van der Waals surface area contributed by atoms with E-state index in [1.54, 1.807) is 6.20 Å². The van der Waals surface area contributed by atoms with E-state index in [9.17, 15) is 9.59 Å². The molecule has 0 radical (unpaired) electrons. The number of hydrogen-bond donors (Lipinski definition) is 0. The van der Waals surface area contributed by atoms with Gasteiger partial charge in [-0.1, -0.05) is 55.1 Å². The lowest BCUT2D eigenvalue weighted by molar-refractivity contribution is -0.125. The van der Waals surface area contributed by atoms with Gasteiger partial charge in [0, 0.05) is 49.1 Å². The van der Waals surface area contributed by atoms with Crippen molar-refractivity contribution in [2.75, 3.05) is 26.2 Å². The Morgan fingerprint density at radius 1 is 0.967 bits per heavy atom. The van der Waals surface area contributed by atoms with Crippen LogP contribution in [0.15, 0.2) is 79.5 Å². The lowest BCUT2D eigenvalue weighted by atomic mass is 9.69. The molecule has 0 N–H and O–H groups in total. The standard InChI is InChI=1S/C25H23N3O2/c1-2-22(29)27-14-21(18-8-4-3-5-9-18)25(15-27)16-28(17-25)24(30)20-12-6-10-19-11-7-13-26-23(19)20/h2-13,21H,1,14-17H2/t21-/m1/s1. The number of benzene rings is 2. The topological polar surface area (TPSA) is 53.5 Å². The molecule has 5 nitrogen and oxygen atoms in total. The lowest BCUT2D eigenvalue weighted by Gasteiger charge is -2.51. The van der Waals surface area contributed by atoms with Crippen molar-refractivity contribution in [1.82, 2.24) is 14.8 Å². The van der Waals surface area contributed by atoms with E-state index in [2.05, 4.69) is 23.7 Å². The molecule has 2 saturated heterocycles. The van der Waals surface area contributed by atoms with Crippen molar-refractivity contribution < 1.29 is 9.59 Å². The van der Waals surface area contributed by atoms with Gasteiger partial charge in [-0.15, -0.1) is 0 Å². The maximum absolute atomic E-state index is 13.3. The van der Waals surface area contributed by atoms with Gasteiger partial charge < -0.3 is 9.80 Å². The average molecular weight is 397 g/mol. The molecular weight excluding hydrogens is 374 g/mol. The number of para-hydroxylation sites is 1. The van der Waals surface area contributed by atoms with Crippen molar-refractivity contribution in [3.8, 4) is 0 Å². The molecule has 0 aliphatic carbocycles. The molecule has 1 spiro atoms.